The molecule has 7 unspecified atom stereocenters. The lowest BCUT2D eigenvalue weighted by Gasteiger charge is -2.31. The van der Waals surface area contributed by atoms with Crippen molar-refractivity contribution in [2.24, 2.45) is 5.92 Å². The highest BCUT2D eigenvalue weighted by Crippen LogP contribution is 2.32. The first kappa shape index (κ1) is 26.9. The van der Waals surface area contributed by atoms with E-state index in [2.05, 4.69) is 6.92 Å². The summed E-state index contributed by atoms with van der Waals surface area (Å²) in [6.45, 7) is 16.3. The van der Waals surface area contributed by atoms with Crippen LogP contribution in [0, 0.1) is 5.92 Å². The lowest BCUT2D eigenvalue weighted by atomic mass is 10.1. The molecule has 0 spiro atoms. The van der Waals surface area contributed by atoms with E-state index in [9.17, 15) is 0 Å². The van der Waals surface area contributed by atoms with Crippen LogP contribution in [-0.2, 0) is 37.9 Å². The molecule has 0 N–H and O–H groups in total. The van der Waals surface area contributed by atoms with Crippen LogP contribution in [-0.4, -0.2) is 63.2 Å². The first-order valence-corrected chi connectivity index (χ1v) is 12.0. The van der Waals surface area contributed by atoms with Crippen LogP contribution in [0.4, 0.5) is 0 Å². The smallest absolute Gasteiger partial charge is 0.285 e. The maximum absolute atomic E-state index is 6.04. The molecule has 8 heteroatoms. The highest BCUT2D eigenvalue weighted by atomic mass is 16.9. The first-order chi connectivity index (χ1) is 14.8. The first-order valence-electron chi connectivity index (χ1n) is 12.0. The third-order valence-corrected chi connectivity index (χ3v) is 5.47. The van der Waals surface area contributed by atoms with Crippen LogP contribution < -0.4 is 0 Å². The fourth-order valence-electron chi connectivity index (χ4n) is 3.53. The maximum atomic E-state index is 6.04. The minimum absolute atomic E-state index is 0.0253. The SMILES string of the molecule is CCC(OCCC(C)COC(CC)OC1(CC)OCC(C)O1)OC1(CC)OCC(C)O1. The van der Waals surface area contributed by atoms with E-state index in [0.717, 1.165) is 19.3 Å². The lowest BCUT2D eigenvalue weighted by molar-refractivity contribution is -0.388. The molecular weight excluding hydrogens is 404 g/mol. The standard InChI is InChI=1S/C23H44O8/c1-8-20(30-22(10-3)26-15-18(6)28-22)24-13-12-17(5)14-25-21(9-2)31-23(11-4)27-16-19(7)29-23/h17-21H,8-16H2,1-7H3. The summed E-state index contributed by atoms with van der Waals surface area (Å²) >= 11 is 0. The van der Waals surface area contributed by atoms with Gasteiger partial charge in [0, 0.05) is 12.8 Å². The maximum Gasteiger partial charge on any atom is 0.285 e. The van der Waals surface area contributed by atoms with Crippen molar-refractivity contribution in [2.45, 2.75) is 117 Å². The van der Waals surface area contributed by atoms with Gasteiger partial charge in [-0.05, 0) is 39.0 Å². The van der Waals surface area contributed by atoms with Crippen LogP contribution in [0.15, 0.2) is 0 Å². The van der Waals surface area contributed by atoms with Gasteiger partial charge in [0.15, 0.2) is 12.6 Å². The molecule has 2 aliphatic heterocycles. The summed E-state index contributed by atoms with van der Waals surface area (Å²) in [6, 6.07) is 0. The van der Waals surface area contributed by atoms with E-state index in [0.29, 0.717) is 45.2 Å². The lowest BCUT2D eigenvalue weighted by Crippen LogP contribution is -2.39. The zero-order valence-corrected chi connectivity index (χ0v) is 20.5. The molecular formula is C23H44O8. The van der Waals surface area contributed by atoms with E-state index in [1.165, 1.54) is 0 Å². The van der Waals surface area contributed by atoms with E-state index in [1.807, 2.05) is 41.5 Å². The predicted molar refractivity (Wildman–Crippen MR) is 115 cm³/mol. The Balaban J connectivity index is 1.69. The fraction of sp³-hybridized carbons (Fsp3) is 1.00. The molecule has 2 rings (SSSR count). The molecule has 0 aromatic rings. The summed E-state index contributed by atoms with van der Waals surface area (Å²) in [4.78, 5) is 0. The average molecular weight is 449 g/mol. The molecule has 184 valence electrons. The van der Waals surface area contributed by atoms with Gasteiger partial charge in [-0.1, -0.05) is 34.6 Å². The van der Waals surface area contributed by atoms with Crippen LogP contribution in [0.2, 0.25) is 0 Å². The van der Waals surface area contributed by atoms with Gasteiger partial charge in [-0.2, -0.15) is 0 Å². The molecule has 0 radical (unpaired) electrons. The molecule has 31 heavy (non-hydrogen) atoms. The summed E-state index contributed by atoms with van der Waals surface area (Å²) in [7, 11) is 0. The zero-order valence-electron chi connectivity index (χ0n) is 20.5. The topological polar surface area (TPSA) is 73.8 Å². The Kier molecular flexibility index (Phi) is 11.1. The van der Waals surface area contributed by atoms with Crippen LogP contribution in [0.3, 0.4) is 0 Å². The second-order valence-electron chi connectivity index (χ2n) is 8.56. The van der Waals surface area contributed by atoms with Gasteiger partial charge in [0.25, 0.3) is 11.9 Å². The molecule has 0 bridgehead atoms. The van der Waals surface area contributed by atoms with Gasteiger partial charge < -0.3 is 28.4 Å². The largest absolute Gasteiger partial charge is 0.352 e. The van der Waals surface area contributed by atoms with Crippen molar-refractivity contribution >= 4 is 0 Å². The number of hydrogen-bond acceptors (Lipinski definition) is 8. The van der Waals surface area contributed by atoms with Gasteiger partial charge in [-0.25, -0.2) is 0 Å². The molecule has 2 fully saturated rings. The Hall–Kier alpha value is -0.320. The summed E-state index contributed by atoms with van der Waals surface area (Å²) in [5, 5.41) is 0. The van der Waals surface area contributed by atoms with Gasteiger partial charge in [-0.15, -0.1) is 0 Å². The number of hydrogen-bond donors (Lipinski definition) is 0. The normalized spacial score (nSPS) is 34.2. The Bertz CT molecular complexity index is 506. The number of rotatable bonds is 15. The van der Waals surface area contributed by atoms with Crippen molar-refractivity contribution in [3.8, 4) is 0 Å². The predicted octanol–water partition coefficient (Wildman–Crippen LogP) is 4.55. The number of ether oxygens (including phenoxy) is 8. The highest BCUT2D eigenvalue weighted by Gasteiger charge is 2.43. The van der Waals surface area contributed by atoms with Crippen molar-refractivity contribution in [3.63, 3.8) is 0 Å². The fourth-order valence-corrected chi connectivity index (χ4v) is 3.53. The molecule has 2 heterocycles. The molecule has 0 saturated carbocycles. The zero-order chi connectivity index (χ0) is 22.9. The van der Waals surface area contributed by atoms with Crippen LogP contribution in [0.5, 0.6) is 0 Å². The second kappa shape index (κ2) is 12.8. The van der Waals surface area contributed by atoms with E-state index in [-0.39, 0.29) is 24.8 Å². The highest BCUT2D eigenvalue weighted by molar-refractivity contribution is 4.69. The molecule has 0 aliphatic carbocycles. The average Bonchev–Trinajstić information content (AvgIpc) is 3.33. The summed E-state index contributed by atoms with van der Waals surface area (Å²) in [5.41, 5.74) is 0. The van der Waals surface area contributed by atoms with E-state index >= 15 is 0 Å². The summed E-state index contributed by atoms with van der Waals surface area (Å²) in [5.74, 6) is -1.68. The minimum Gasteiger partial charge on any atom is -0.352 e. The van der Waals surface area contributed by atoms with Gasteiger partial charge in [-0.3, -0.25) is 9.47 Å². The molecule has 0 amide bonds. The summed E-state index contributed by atoms with van der Waals surface area (Å²) in [6.07, 6.45) is 2.82. The van der Waals surface area contributed by atoms with E-state index in [4.69, 9.17) is 37.9 Å². The molecule has 0 aromatic heterocycles. The van der Waals surface area contributed by atoms with Crippen LogP contribution >= 0.6 is 0 Å². The molecule has 8 nitrogen and oxygen atoms in total. The van der Waals surface area contributed by atoms with Gasteiger partial charge in [0.05, 0.1) is 38.6 Å². The molecule has 2 saturated heterocycles. The van der Waals surface area contributed by atoms with Crippen molar-refractivity contribution in [1.82, 2.24) is 0 Å². The van der Waals surface area contributed by atoms with E-state index < -0.39 is 11.9 Å². The van der Waals surface area contributed by atoms with Crippen molar-refractivity contribution in [1.29, 1.82) is 0 Å². The van der Waals surface area contributed by atoms with Gasteiger partial charge >= 0.3 is 0 Å². The third kappa shape index (κ3) is 8.19. The Morgan fingerprint density at radius 3 is 1.68 bits per heavy atom. The minimum atomic E-state index is -0.991. The van der Waals surface area contributed by atoms with Gasteiger partial charge in [0.2, 0.25) is 0 Å². The molecule has 0 aromatic carbocycles. The summed E-state index contributed by atoms with van der Waals surface area (Å²) < 4.78 is 47.2. The van der Waals surface area contributed by atoms with E-state index in [1.54, 1.807) is 0 Å². The van der Waals surface area contributed by atoms with Crippen molar-refractivity contribution < 1.29 is 37.9 Å². The van der Waals surface area contributed by atoms with Crippen LogP contribution in [0.1, 0.15) is 80.6 Å². The van der Waals surface area contributed by atoms with Crippen LogP contribution in [0.25, 0.3) is 0 Å². The monoisotopic (exact) mass is 448 g/mol. The molecule has 7 atom stereocenters. The quantitative estimate of drug-likeness (QED) is 0.338. The Morgan fingerprint density at radius 2 is 1.29 bits per heavy atom. The third-order valence-electron chi connectivity index (χ3n) is 5.47. The van der Waals surface area contributed by atoms with Gasteiger partial charge in [0.1, 0.15) is 0 Å². The molecule has 2 aliphatic rings. The Morgan fingerprint density at radius 1 is 0.806 bits per heavy atom. The van der Waals surface area contributed by atoms with Crippen molar-refractivity contribution in [2.75, 3.05) is 26.4 Å². The Labute approximate surface area is 188 Å². The second-order valence-corrected chi connectivity index (χ2v) is 8.56. The van der Waals surface area contributed by atoms with Crippen molar-refractivity contribution in [3.05, 3.63) is 0 Å².